The Kier molecular flexibility index (Phi) is 6.13. The molecule has 9 nitrogen and oxygen atoms in total. The number of nitrogens with one attached hydrogen (secondary N) is 4. The zero-order valence-electron chi connectivity index (χ0n) is 19.0. The van der Waals surface area contributed by atoms with Gasteiger partial charge in [-0.1, -0.05) is 19.3 Å². The third-order valence-electron chi connectivity index (χ3n) is 6.86. The maximum absolute atomic E-state index is 12.7. The van der Waals surface area contributed by atoms with Gasteiger partial charge in [-0.15, -0.1) is 0 Å². The van der Waals surface area contributed by atoms with Gasteiger partial charge in [0.25, 0.3) is 5.91 Å². The molecule has 1 saturated carbocycles. The number of H-pyrrole nitrogens is 1. The maximum Gasteiger partial charge on any atom is 0.276 e. The van der Waals surface area contributed by atoms with E-state index in [1.54, 1.807) is 12.3 Å². The average molecular weight is 450 g/mol. The molecule has 0 unspecified atom stereocenters. The van der Waals surface area contributed by atoms with Gasteiger partial charge in [0.05, 0.1) is 11.9 Å². The van der Waals surface area contributed by atoms with Crippen molar-refractivity contribution in [2.45, 2.75) is 51.0 Å². The molecule has 5 rings (SSSR count). The van der Waals surface area contributed by atoms with Crippen LogP contribution in [0.15, 0.2) is 29.1 Å². The van der Waals surface area contributed by atoms with Crippen LogP contribution in [0.25, 0.3) is 17.1 Å². The zero-order chi connectivity index (χ0) is 22.8. The highest BCUT2D eigenvalue weighted by Crippen LogP contribution is 2.25. The molecule has 2 aromatic heterocycles. The number of pyridine rings is 1. The standard InChI is InChI=1S/C24H31N7O2/c1-31-9-7-15(8-10-31)22(32)27-18-12-19-16(13-25-21(19)26-14-18)11-20-23(33)30-24(29-20)28-17-5-3-2-4-6-17/h11-15,17H,2-10H2,1H3,(H,25,26)(H,27,32)(H2,28,29,30,33). The number of aromatic amines is 1. The van der Waals surface area contributed by atoms with Crippen molar-refractivity contribution in [1.29, 1.82) is 0 Å². The van der Waals surface area contributed by atoms with Crippen LogP contribution in [0.4, 0.5) is 5.69 Å². The molecular formula is C24H31N7O2. The van der Waals surface area contributed by atoms with Gasteiger partial charge in [0, 0.05) is 29.1 Å². The Bertz CT molecular complexity index is 1110. The van der Waals surface area contributed by atoms with Crippen molar-refractivity contribution < 1.29 is 9.59 Å². The number of hydrogen-bond acceptors (Lipinski definition) is 6. The number of piperidine rings is 1. The number of carbonyl (C=O) groups excluding carboxylic acids is 2. The van der Waals surface area contributed by atoms with E-state index >= 15 is 0 Å². The van der Waals surface area contributed by atoms with Gasteiger partial charge in [-0.05, 0) is 58.0 Å². The maximum atomic E-state index is 12.7. The van der Waals surface area contributed by atoms with E-state index in [1.807, 2.05) is 12.3 Å². The number of nitrogens with zero attached hydrogens (tertiary/aromatic N) is 3. The smallest absolute Gasteiger partial charge is 0.276 e. The molecular weight excluding hydrogens is 418 g/mol. The van der Waals surface area contributed by atoms with Crippen LogP contribution in [0, 0.1) is 5.92 Å². The third-order valence-corrected chi connectivity index (χ3v) is 6.86. The van der Waals surface area contributed by atoms with E-state index in [9.17, 15) is 9.59 Å². The lowest BCUT2D eigenvalue weighted by Crippen LogP contribution is -2.43. The summed E-state index contributed by atoms with van der Waals surface area (Å²) in [7, 11) is 2.08. The van der Waals surface area contributed by atoms with Gasteiger partial charge in [-0.3, -0.25) is 14.9 Å². The van der Waals surface area contributed by atoms with Crippen molar-refractivity contribution in [2.75, 3.05) is 25.5 Å². The summed E-state index contributed by atoms with van der Waals surface area (Å²) in [6.07, 6.45) is 12.9. The summed E-state index contributed by atoms with van der Waals surface area (Å²) < 4.78 is 0. The average Bonchev–Trinajstić information content (AvgIpc) is 3.37. The van der Waals surface area contributed by atoms with Crippen LogP contribution >= 0.6 is 0 Å². The summed E-state index contributed by atoms with van der Waals surface area (Å²) in [5.41, 5.74) is 2.52. The lowest BCUT2D eigenvalue weighted by Gasteiger charge is -2.28. The molecule has 1 aliphatic carbocycles. The number of amides is 2. The van der Waals surface area contributed by atoms with Gasteiger partial charge in [-0.2, -0.15) is 0 Å². The molecule has 2 fully saturated rings. The fourth-order valence-electron chi connectivity index (χ4n) is 4.85. The van der Waals surface area contributed by atoms with Crippen LogP contribution in [0.3, 0.4) is 0 Å². The number of hydrogen-bond donors (Lipinski definition) is 4. The number of guanidine groups is 1. The van der Waals surface area contributed by atoms with E-state index in [4.69, 9.17) is 0 Å². The third kappa shape index (κ3) is 4.93. The van der Waals surface area contributed by atoms with E-state index in [0.29, 0.717) is 29.0 Å². The van der Waals surface area contributed by atoms with Crippen molar-refractivity contribution in [3.05, 3.63) is 29.7 Å². The molecule has 174 valence electrons. The summed E-state index contributed by atoms with van der Waals surface area (Å²) in [4.78, 5) is 39.5. The highest BCUT2D eigenvalue weighted by Gasteiger charge is 2.25. The number of likely N-dealkylation sites (tertiary alicyclic amines) is 1. The Labute approximate surface area is 193 Å². The molecule has 0 bridgehead atoms. The van der Waals surface area contributed by atoms with Crippen molar-refractivity contribution in [2.24, 2.45) is 10.9 Å². The zero-order valence-corrected chi connectivity index (χ0v) is 19.0. The molecule has 4 heterocycles. The van der Waals surface area contributed by atoms with Gasteiger partial charge < -0.3 is 20.5 Å². The van der Waals surface area contributed by atoms with E-state index in [1.165, 1.54) is 19.3 Å². The Morgan fingerprint density at radius 3 is 2.76 bits per heavy atom. The molecule has 4 N–H and O–H groups in total. The Morgan fingerprint density at radius 1 is 1.18 bits per heavy atom. The topological polar surface area (TPSA) is 115 Å². The molecule has 9 heteroatoms. The molecule has 33 heavy (non-hydrogen) atoms. The number of aliphatic imine (C=N–C) groups is 1. The number of aromatic nitrogens is 2. The first kappa shape index (κ1) is 21.6. The van der Waals surface area contributed by atoms with Crippen LogP contribution in [0.5, 0.6) is 0 Å². The highest BCUT2D eigenvalue weighted by atomic mass is 16.2. The highest BCUT2D eigenvalue weighted by molar-refractivity contribution is 6.14. The molecule has 2 aromatic rings. The summed E-state index contributed by atoms with van der Waals surface area (Å²) >= 11 is 0. The van der Waals surface area contributed by atoms with Gasteiger partial charge in [0.2, 0.25) is 11.9 Å². The van der Waals surface area contributed by atoms with E-state index in [2.05, 4.69) is 42.9 Å². The fraction of sp³-hybridized carbons (Fsp3) is 0.500. The minimum atomic E-state index is -0.220. The van der Waals surface area contributed by atoms with Crippen molar-refractivity contribution >= 4 is 40.6 Å². The quantitative estimate of drug-likeness (QED) is 0.536. The van der Waals surface area contributed by atoms with E-state index in [-0.39, 0.29) is 17.7 Å². The normalized spacial score (nSPS) is 21.9. The summed E-state index contributed by atoms with van der Waals surface area (Å²) in [6.45, 7) is 1.87. The lowest BCUT2D eigenvalue weighted by atomic mass is 9.96. The molecule has 2 aliphatic heterocycles. The Balaban J connectivity index is 1.31. The second-order valence-corrected chi connectivity index (χ2v) is 9.35. The minimum absolute atomic E-state index is 0.0244. The van der Waals surface area contributed by atoms with Crippen LogP contribution in [0.1, 0.15) is 50.5 Å². The molecule has 0 aromatic carbocycles. The van der Waals surface area contributed by atoms with Crippen LogP contribution in [-0.2, 0) is 9.59 Å². The second-order valence-electron chi connectivity index (χ2n) is 9.35. The Hall–Kier alpha value is -3.20. The fourth-order valence-corrected chi connectivity index (χ4v) is 4.85. The largest absolute Gasteiger partial charge is 0.353 e. The molecule has 0 radical (unpaired) electrons. The number of rotatable bonds is 4. The monoisotopic (exact) mass is 449 g/mol. The predicted molar refractivity (Wildman–Crippen MR) is 129 cm³/mol. The first-order valence-electron chi connectivity index (χ1n) is 11.9. The summed E-state index contributed by atoms with van der Waals surface area (Å²) in [6, 6.07) is 2.26. The van der Waals surface area contributed by atoms with Crippen molar-refractivity contribution in [1.82, 2.24) is 25.5 Å². The first-order chi connectivity index (χ1) is 16.0. The molecule has 0 spiro atoms. The molecule has 3 aliphatic rings. The molecule has 1 saturated heterocycles. The van der Waals surface area contributed by atoms with Crippen LogP contribution in [0.2, 0.25) is 0 Å². The van der Waals surface area contributed by atoms with E-state index < -0.39 is 0 Å². The molecule has 2 amide bonds. The lowest BCUT2D eigenvalue weighted by molar-refractivity contribution is -0.121. The number of anilines is 1. The van der Waals surface area contributed by atoms with E-state index in [0.717, 1.165) is 49.7 Å². The minimum Gasteiger partial charge on any atom is -0.353 e. The second kappa shape index (κ2) is 9.35. The number of fused-ring (bicyclic) bond motifs is 1. The van der Waals surface area contributed by atoms with Gasteiger partial charge in [-0.25, -0.2) is 9.98 Å². The number of carbonyl (C=O) groups is 2. The summed E-state index contributed by atoms with van der Waals surface area (Å²) in [5.74, 6) is 0.374. The first-order valence-corrected chi connectivity index (χ1v) is 11.9. The van der Waals surface area contributed by atoms with Gasteiger partial charge in [0.15, 0.2) is 0 Å². The SMILES string of the molecule is CN1CCC(C(=O)Nc2cnc3[nH]cc(C=C4N=C(NC5CCCCC5)NC4=O)c3c2)CC1. The van der Waals surface area contributed by atoms with Crippen LogP contribution in [-0.4, -0.2) is 58.8 Å². The van der Waals surface area contributed by atoms with Crippen molar-refractivity contribution in [3.8, 4) is 0 Å². The summed E-state index contributed by atoms with van der Waals surface area (Å²) in [5, 5.41) is 10.1. The Morgan fingerprint density at radius 2 is 1.97 bits per heavy atom. The van der Waals surface area contributed by atoms with Gasteiger partial charge in [0.1, 0.15) is 11.3 Å². The predicted octanol–water partition coefficient (Wildman–Crippen LogP) is 2.59. The van der Waals surface area contributed by atoms with Crippen LogP contribution < -0.4 is 16.0 Å². The molecule has 0 atom stereocenters. The van der Waals surface area contributed by atoms with Gasteiger partial charge >= 0.3 is 0 Å². The van der Waals surface area contributed by atoms with Crippen molar-refractivity contribution in [3.63, 3.8) is 0 Å².